The summed E-state index contributed by atoms with van der Waals surface area (Å²) in [6, 6.07) is 13.4. The summed E-state index contributed by atoms with van der Waals surface area (Å²) < 4.78 is 0. The Hall–Kier alpha value is -1.75. The van der Waals surface area contributed by atoms with E-state index in [2.05, 4.69) is 16.3 Å². The fourth-order valence-corrected chi connectivity index (χ4v) is 3.67. The summed E-state index contributed by atoms with van der Waals surface area (Å²) in [6.07, 6.45) is 0. The molecule has 138 valence electrons. The second kappa shape index (κ2) is 8.30. The third-order valence-electron chi connectivity index (χ3n) is 5.04. The number of carbonyl (C=O) groups is 1. The molecule has 1 amide bonds. The van der Waals surface area contributed by atoms with Crippen LogP contribution in [-0.4, -0.2) is 38.1 Å². The lowest BCUT2D eigenvalue weighted by atomic mass is 10.1. The average Bonchev–Trinajstić information content (AvgIpc) is 2.64. The molecule has 0 radical (unpaired) electrons. The second-order valence-electron chi connectivity index (χ2n) is 6.80. The number of benzene rings is 2. The van der Waals surface area contributed by atoms with Crippen molar-refractivity contribution in [3.05, 3.63) is 58.1 Å². The number of amides is 1. The summed E-state index contributed by atoms with van der Waals surface area (Å²) in [7, 11) is 0. The Labute approximate surface area is 164 Å². The number of halogens is 2. The largest absolute Gasteiger partial charge is 0.360 e. The van der Waals surface area contributed by atoms with Crippen LogP contribution in [-0.2, 0) is 4.79 Å². The first-order valence-corrected chi connectivity index (χ1v) is 9.62. The van der Waals surface area contributed by atoms with E-state index in [1.54, 1.807) is 6.07 Å². The zero-order valence-electron chi connectivity index (χ0n) is 15.1. The number of carbonyl (C=O) groups excluding carboxylic acids is 1. The van der Waals surface area contributed by atoms with E-state index >= 15 is 0 Å². The van der Waals surface area contributed by atoms with Gasteiger partial charge < -0.3 is 15.1 Å². The first-order chi connectivity index (χ1) is 12.4. The number of quaternary nitrogens is 1. The van der Waals surface area contributed by atoms with E-state index in [0.717, 1.165) is 48.1 Å². The minimum Gasteiger partial charge on any atom is -0.360 e. The molecule has 2 aromatic carbocycles. The number of hydrogen-bond acceptors (Lipinski definition) is 2. The zero-order valence-corrected chi connectivity index (χ0v) is 16.6. The Morgan fingerprint density at radius 3 is 2.50 bits per heavy atom. The molecular weight excluding hydrogens is 369 g/mol. The average molecular weight is 393 g/mol. The third kappa shape index (κ3) is 4.50. The maximum absolute atomic E-state index is 12.7. The normalized spacial score (nSPS) is 16.4. The Kier molecular flexibility index (Phi) is 6.07. The minimum atomic E-state index is -0.116. The molecule has 2 N–H and O–H groups in total. The van der Waals surface area contributed by atoms with Crippen molar-refractivity contribution < 1.29 is 9.69 Å². The maximum atomic E-state index is 12.7. The van der Waals surface area contributed by atoms with Crippen molar-refractivity contribution in [3.8, 4) is 0 Å². The van der Waals surface area contributed by atoms with E-state index in [0.29, 0.717) is 5.02 Å². The molecule has 0 saturated carbocycles. The predicted octanol–water partition coefficient (Wildman–Crippen LogP) is 3.03. The van der Waals surface area contributed by atoms with Crippen LogP contribution in [0.4, 0.5) is 11.4 Å². The van der Waals surface area contributed by atoms with Crippen LogP contribution in [0.3, 0.4) is 0 Å². The SMILES string of the molecule is Cc1ccc(Cl)cc1NC(=O)[C@@H](C)[NH+]1CCN(c2cccc(Cl)c2)CC1. The van der Waals surface area contributed by atoms with Gasteiger partial charge in [-0.1, -0.05) is 35.3 Å². The van der Waals surface area contributed by atoms with Crippen molar-refractivity contribution in [2.75, 3.05) is 36.4 Å². The summed E-state index contributed by atoms with van der Waals surface area (Å²) in [5.41, 5.74) is 2.94. The van der Waals surface area contributed by atoms with Crippen LogP contribution in [0.2, 0.25) is 10.0 Å². The zero-order chi connectivity index (χ0) is 18.7. The van der Waals surface area contributed by atoms with Gasteiger partial charge in [0, 0.05) is 21.4 Å². The summed E-state index contributed by atoms with van der Waals surface area (Å²) in [6.45, 7) is 7.59. The van der Waals surface area contributed by atoms with Gasteiger partial charge in [0.1, 0.15) is 0 Å². The van der Waals surface area contributed by atoms with Crippen LogP contribution in [0, 0.1) is 6.92 Å². The van der Waals surface area contributed by atoms with Gasteiger partial charge >= 0.3 is 0 Å². The molecule has 1 fully saturated rings. The van der Waals surface area contributed by atoms with Gasteiger partial charge in [-0.05, 0) is 49.7 Å². The van der Waals surface area contributed by atoms with Crippen molar-refractivity contribution >= 4 is 40.5 Å². The van der Waals surface area contributed by atoms with Crippen molar-refractivity contribution in [2.24, 2.45) is 0 Å². The standard InChI is InChI=1S/C20H23Cl2N3O/c1-14-6-7-17(22)13-19(14)23-20(26)15(2)24-8-10-25(11-9-24)18-5-3-4-16(21)12-18/h3-7,12-13,15H,8-11H2,1-2H3,(H,23,26)/p+1/t15-/m1/s1. The van der Waals surface area contributed by atoms with Gasteiger partial charge in [0.15, 0.2) is 6.04 Å². The quantitative estimate of drug-likeness (QED) is 0.838. The highest BCUT2D eigenvalue weighted by Crippen LogP contribution is 2.21. The van der Waals surface area contributed by atoms with Gasteiger partial charge in [-0.2, -0.15) is 0 Å². The summed E-state index contributed by atoms with van der Waals surface area (Å²) in [4.78, 5) is 16.3. The molecule has 4 nitrogen and oxygen atoms in total. The van der Waals surface area contributed by atoms with Crippen LogP contribution < -0.4 is 15.1 Å². The fraction of sp³-hybridized carbons (Fsp3) is 0.350. The molecule has 3 rings (SSSR count). The van der Waals surface area contributed by atoms with E-state index < -0.39 is 0 Å². The van der Waals surface area contributed by atoms with E-state index in [-0.39, 0.29) is 11.9 Å². The highest BCUT2D eigenvalue weighted by atomic mass is 35.5. The van der Waals surface area contributed by atoms with Gasteiger partial charge in [-0.3, -0.25) is 4.79 Å². The molecule has 0 aromatic heterocycles. The van der Waals surface area contributed by atoms with Crippen LogP contribution in [0.15, 0.2) is 42.5 Å². The number of anilines is 2. The van der Waals surface area contributed by atoms with Crippen LogP contribution in [0.5, 0.6) is 0 Å². The van der Waals surface area contributed by atoms with Gasteiger partial charge in [0.25, 0.3) is 5.91 Å². The summed E-state index contributed by atoms with van der Waals surface area (Å²) >= 11 is 12.1. The molecular formula is C20H24Cl2N3O+. The lowest BCUT2D eigenvalue weighted by molar-refractivity contribution is -0.914. The second-order valence-corrected chi connectivity index (χ2v) is 7.67. The number of hydrogen-bond donors (Lipinski definition) is 2. The van der Waals surface area contributed by atoms with E-state index in [9.17, 15) is 4.79 Å². The molecule has 1 heterocycles. The Balaban J connectivity index is 1.58. The lowest BCUT2D eigenvalue weighted by Gasteiger charge is -2.36. The van der Waals surface area contributed by atoms with Crippen molar-refractivity contribution in [1.82, 2.24) is 0 Å². The van der Waals surface area contributed by atoms with E-state index in [1.165, 1.54) is 4.90 Å². The summed E-state index contributed by atoms with van der Waals surface area (Å²) in [5.74, 6) is 0.0292. The molecule has 1 aliphatic heterocycles. The van der Waals surface area contributed by atoms with Gasteiger partial charge in [-0.25, -0.2) is 0 Å². The molecule has 2 aromatic rings. The fourth-order valence-electron chi connectivity index (χ4n) is 3.31. The van der Waals surface area contributed by atoms with Crippen molar-refractivity contribution in [1.29, 1.82) is 0 Å². The molecule has 0 spiro atoms. The van der Waals surface area contributed by atoms with Gasteiger partial charge in [0.05, 0.1) is 26.2 Å². The summed E-state index contributed by atoms with van der Waals surface area (Å²) in [5, 5.41) is 4.40. The molecule has 0 bridgehead atoms. The first kappa shape index (κ1) is 19.0. The van der Waals surface area contributed by atoms with Crippen molar-refractivity contribution in [2.45, 2.75) is 19.9 Å². The number of nitrogens with one attached hydrogen (secondary N) is 2. The van der Waals surface area contributed by atoms with Gasteiger partial charge in [-0.15, -0.1) is 0 Å². The predicted molar refractivity (Wildman–Crippen MR) is 109 cm³/mol. The monoisotopic (exact) mass is 392 g/mol. The Morgan fingerprint density at radius 1 is 1.12 bits per heavy atom. The van der Waals surface area contributed by atoms with Gasteiger partial charge in [0.2, 0.25) is 0 Å². The number of rotatable bonds is 4. The highest BCUT2D eigenvalue weighted by Gasteiger charge is 2.29. The molecule has 1 saturated heterocycles. The molecule has 26 heavy (non-hydrogen) atoms. The Bertz CT molecular complexity index is 788. The van der Waals surface area contributed by atoms with E-state index in [4.69, 9.17) is 23.2 Å². The number of aryl methyl sites for hydroxylation is 1. The molecule has 6 heteroatoms. The number of piperazine rings is 1. The molecule has 0 aliphatic carbocycles. The van der Waals surface area contributed by atoms with Crippen LogP contribution >= 0.6 is 23.2 Å². The van der Waals surface area contributed by atoms with Crippen LogP contribution in [0.25, 0.3) is 0 Å². The number of nitrogens with zero attached hydrogens (tertiary/aromatic N) is 1. The maximum Gasteiger partial charge on any atom is 0.282 e. The third-order valence-corrected chi connectivity index (χ3v) is 5.51. The first-order valence-electron chi connectivity index (χ1n) is 8.86. The smallest absolute Gasteiger partial charge is 0.282 e. The van der Waals surface area contributed by atoms with Crippen molar-refractivity contribution in [3.63, 3.8) is 0 Å². The Morgan fingerprint density at radius 2 is 1.81 bits per heavy atom. The highest BCUT2D eigenvalue weighted by molar-refractivity contribution is 6.31. The van der Waals surface area contributed by atoms with E-state index in [1.807, 2.05) is 44.2 Å². The minimum absolute atomic E-state index is 0.0292. The topological polar surface area (TPSA) is 36.8 Å². The van der Waals surface area contributed by atoms with Crippen LogP contribution in [0.1, 0.15) is 12.5 Å². The molecule has 1 aliphatic rings. The lowest BCUT2D eigenvalue weighted by Crippen LogP contribution is -3.19. The molecule has 1 atom stereocenters. The molecule has 0 unspecified atom stereocenters.